The Hall–Kier alpha value is -1.88. The zero-order chi connectivity index (χ0) is 17.0. The Morgan fingerprint density at radius 2 is 1.96 bits per heavy atom. The lowest BCUT2D eigenvalue weighted by Crippen LogP contribution is -2.30. The molecule has 5 rings (SSSR count). The summed E-state index contributed by atoms with van der Waals surface area (Å²) in [5.41, 5.74) is 2.87. The van der Waals surface area contributed by atoms with Crippen molar-refractivity contribution in [2.75, 3.05) is 31.6 Å². The first-order valence-corrected chi connectivity index (χ1v) is 9.55. The average Bonchev–Trinajstić information content (AvgIpc) is 3.21. The molecule has 2 aliphatic heterocycles. The topological polar surface area (TPSA) is 45.4 Å². The molecule has 3 atom stereocenters. The molecule has 1 saturated carbocycles. The molecule has 1 aromatic carbocycles. The van der Waals surface area contributed by atoms with Gasteiger partial charge in [-0.2, -0.15) is 4.98 Å². The van der Waals surface area contributed by atoms with Crippen LogP contribution in [-0.2, 0) is 0 Å². The summed E-state index contributed by atoms with van der Waals surface area (Å²) in [6.45, 7) is 5.44. The molecule has 132 valence electrons. The first-order valence-electron chi connectivity index (χ1n) is 9.55. The maximum absolute atomic E-state index is 5.54. The minimum atomic E-state index is 0.495. The van der Waals surface area contributed by atoms with Crippen molar-refractivity contribution in [1.29, 1.82) is 0 Å². The quantitative estimate of drug-likeness (QED) is 0.858. The number of aryl methyl sites for hydroxylation is 1. The largest absolute Gasteiger partial charge is 0.337 e. The van der Waals surface area contributed by atoms with E-state index in [2.05, 4.69) is 53.2 Å². The van der Waals surface area contributed by atoms with Crippen molar-refractivity contribution in [2.24, 2.45) is 11.8 Å². The molecule has 1 aliphatic carbocycles. The van der Waals surface area contributed by atoms with E-state index in [4.69, 9.17) is 9.51 Å². The van der Waals surface area contributed by atoms with E-state index >= 15 is 0 Å². The number of fused-ring (bicyclic) bond motifs is 1. The van der Waals surface area contributed by atoms with E-state index in [9.17, 15) is 0 Å². The van der Waals surface area contributed by atoms with Crippen LogP contribution in [0.1, 0.15) is 48.2 Å². The highest BCUT2D eigenvalue weighted by Crippen LogP contribution is 2.45. The maximum atomic E-state index is 5.54. The van der Waals surface area contributed by atoms with E-state index in [1.165, 1.54) is 30.4 Å². The van der Waals surface area contributed by atoms with Crippen molar-refractivity contribution < 1.29 is 4.52 Å². The molecule has 1 aromatic heterocycles. The molecular formula is C20H26N4O. The number of benzene rings is 1. The van der Waals surface area contributed by atoms with Gasteiger partial charge in [-0.3, -0.25) is 4.90 Å². The summed E-state index contributed by atoms with van der Waals surface area (Å²) >= 11 is 0. The summed E-state index contributed by atoms with van der Waals surface area (Å²) in [5, 5.41) is 4.29. The lowest BCUT2D eigenvalue weighted by atomic mass is 9.85. The Bertz CT molecular complexity index is 769. The van der Waals surface area contributed by atoms with E-state index in [0.29, 0.717) is 23.8 Å². The summed E-state index contributed by atoms with van der Waals surface area (Å²) in [6, 6.07) is 9.32. The monoisotopic (exact) mass is 338 g/mol. The highest BCUT2D eigenvalue weighted by Gasteiger charge is 2.47. The SMILES string of the molecule is Cc1ccccc1[C@@H]1[C@@H]2CN(c3noc(C4CCC4)n3)C[C@@H]2CN1C. The average molecular weight is 338 g/mol. The van der Waals surface area contributed by atoms with Gasteiger partial charge in [-0.05, 0) is 49.0 Å². The third-order valence-corrected chi connectivity index (χ3v) is 6.57. The molecule has 25 heavy (non-hydrogen) atoms. The summed E-state index contributed by atoms with van der Waals surface area (Å²) in [7, 11) is 2.27. The second-order valence-electron chi connectivity index (χ2n) is 8.13. The van der Waals surface area contributed by atoms with Gasteiger partial charge in [0.2, 0.25) is 5.89 Å². The van der Waals surface area contributed by atoms with Crippen LogP contribution in [0.15, 0.2) is 28.8 Å². The third-order valence-electron chi connectivity index (χ3n) is 6.57. The third kappa shape index (κ3) is 2.48. The van der Waals surface area contributed by atoms with Crippen molar-refractivity contribution in [3.8, 4) is 0 Å². The van der Waals surface area contributed by atoms with Gasteiger partial charge in [-0.15, -0.1) is 0 Å². The van der Waals surface area contributed by atoms with Crippen LogP contribution in [0.2, 0.25) is 0 Å². The fraction of sp³-hybridized carbons (Fsp3) is 0.600. The lowest BCUT2D eigenvalue weighted by Gasteiger charge is -2.27. The zero-order valence-electron chi connectivity index (χ0n) is 15.1. The Balaban J connectivity index is 1.37. The summed E-state index contributed by atoms with van der Waals surface area (Å²) in [4.78, 5) is 9.59. The van der Waals surface area contributed by atoms with E-state index in [-0.39, 0.29) is 0 Å². The fourth-order valence-electron chi connectivity index (χ4n) is 4.98. The molecule has 0 spiro atoms. The Morgan fingerprint density at radius 3 is 2.72 bits per heavy atom. The molecule has 3 heterocycles. The lowest BCUT2D eigenvalue weighted by molar-refractivity contribution is 0.278. The van der Waals surface area contributed by atoms with Gasteiger partial charge in [0.15, 0.2) is 0 Å². The van der Waals surface area contributed by atoms with Crippen molar-refractivity contribution in [2.45, 2.75) is 38.1 Å². The van der Waals surface area contributed by atoms with E-state index < -0.39 is 0 Å². The molecule has 5 nitrogen and oxygen atoms in total. The standard InChI is InChI=1S/C20H26N4O/c1-13-6-3-4-9-16(13)18-17-12-24(11-15(17)10-23(18)2)20-21-19(25-22-20)14-7-5-8-14/h3-4,6,9,14-15,17-18H,5,7-8,10-12H2,1-2H3/t15-,17+,18+/m0/s1. The maximum Gasteiger partial charge on any atom is 0.266 e. The number of aromatic nitrogens is 2. The molecule has 0 N–H and O–H groups in total. The predicted octanol–water partition coefficient (Wildman–Crippen LogP) is 3.38. The fourth-order valence-corrected chi connectivity index (χ4v) is 4.98. The van der Waals surface area contributed by atoms with Crippen molar-refractivity contribution in [3.63, 3.8) is 0 Å². The molecule has 3 aliphatic rings. The summed E-state index contributed by atoms with van der Waals surface area (Å²) < 4.78 is 5.54. The predicted molar refractivity (Wildman–Crippen MR) is 96.6 cm³/mol. The van der Waals surface area contributed by atoms with E-state index in [1.807, 2.05) is 0 Å². The normalized spacial score (nSPS) is 29.8. The molecule has 2 aromatic rings. The minimum absolute atomic E-state index is 0.495. The second kappa shape index (κ2) is 5.84. The first kappa shape index (κ1) is 15.4. The van der Waals surface area contributed by atoms with Crippen LogP contribution in [0.4, 0.5) is 5.95 Å². The number of hydrogen-bond acceptors (Lipinski definition) is 5. The van der Waals surface area contributed by atoms with Crippen molar-refractivity contribution in [3.05, 3.63) is 41.3 Å². The zero-order valence-corrected chi connectivity index (χ0v) is 15.1. The van der Waals surface area contributed by atoms with Crippen LogP contribution in [0.5, 0.6) is 0 Å². The number of anilines is 1. The van der Waals surface area contributed by atoms with Gasteiger partial charge in [-0.1, -0.05) is 30.7 Å². The van der Waals surface area contributed by atoms with Crippen LogP contribution >= 0.6 is 0 Å². The molecule has 5 heteroatoms. The van der Waals surface area contributed by atoms with Gasteiger partial charge >= 0.3 is 0 Å². The van der Waals surface area contributed by atoms with E-state index in [1.54, 1.807) is 0 Å². The molecule has 3 fully saturated rings. The van der Waals surface area contributed by atoms with Crippen LogP contribution < -0.4 is 4.90 Å². The molecule has 2 saturated heterocycles. The van der Waals surface area contributed by atoms with Gasteiger partial charge in [0.1, 0.15) is 0 Å². The molecular weight excluding hydrogens is 312 g/mol. The van der Waals surface area contributed by atoms with Crippen LogP contribution in [-0.4, -0.2) is 41.7 Å². The molecule has 0 amide bonds. The minimum Gasteiger partial charge on any atom is -0.337 e. The molecule has 0 bridgehead atoms. The molecule has 0 radical (unpaired) electrons. The number of nitrogens with zero attached hydrogens (tertiary/aromatic N) is 4. The molecule has 0 unspecified atom stereocenters. The highest BCUT2D eigenvalue weighted by atomic mass is 16.5. The smallest absolute Gasteiger partial charge is 0.266 e. The summed E-state index contributed by atoms with van der Waals surface area (Å²) in [6.07, 6.45) is 3.70. The first-order chi connectivity index (χ1) is 12.2. The number of likely N-dealkylation sites (tertiary alicyclic amines) is 1. The van der Waals surface area contributed by atoms with Gasteiger partial charge in [-0.25, -0.2) is 0 Å². The van der Waals surface area contributed by atoms with Crippen LogP contribution in [0.25, 0.3) is 0 Å². The van der Waals surface area contributed by atoms with Crippen molar-refractivity contribution >= 4 is 5.95 Å². The number of hydrogen-bond donors (Lipinski definition) is 0. The Kier molecular flexibility index (Phi) is 3.59. The highest BCUT2D eigenvalue weighted by molar-refractivity contribution is 5.36. The van der Waals surface area contributed by atoms with Crippen LogP contribution in [0, 0.1) is 18.8 Å². The van der Waals surface area contributed by atoms with Gasteiger partial charge in [0, 0.05) is 37.5 Å². The summed E-state index contributed by atoms with van der Waals surface area (Å²) in [5.74, 6) is 3.49. The van der Waals surface area contributed by atoms with Gasteiger partial charge in [0.05, 0.1) is 0 Å². The van der Waals surface area contributed by atoms with Gasteiger partial charge in [0.25, 0.3) is 5.95 Å². The van der Waals surface area contributed by atoms with Gasteiger partial charge < -0.3 is 9.42 Å². The Morgan fingerprint density at radius 1 is 1.12 bits per heavy atom. The van der Waals surface area contributed by atoms with E-state index in [0.717, 1.165) is 31.5 Å². The van der Waals surface area contributed by atoms with Crippen molar-refractivity contribution in [1.82, 2.24) is 15.0 Å². The second-order valence-corrected chi connectivity index (χ2v) is 8.13. The Labute approximate surface area is 149 Å². The van der Waals surface area contributed by atoms with Crippen LogP contribution in [0.3, 0.4) is 0 Å². The number of rotatable bonds is 3.